The molecular formula is C29H29NO10. The molecule has 3 N–H and O–H groups in total. The molecule has 40 heavy (non-hydrogen) atoms. The molecule has 2 aliphatic rings. The van der Waals surface area contributed by atoms with Gasteiger partial charge in [-0.15, -0.1) is 0 Å². The lowest BCUT2D eigenvalue weighted by Crippen LogP contribution is -2.18. The average Bonchev–Trinajstić information content (AvgIpc) is 3.38. The minimum absolute atomic E-state index is 0.0888. The van der Waals surface area contributed by atoms with Crippen molar-refractivity contribution < 1.29 is 48.6 Å². The van der Waals surface area contributed by atoms with Crippen LogP contribution in [0.2, 0.25) is 0 Å². The number of aromatic nitrogens is 1. The second-order valence-corrected chi connectivity index (χ2v) is 9.58. The van der Waals surface area contributed by atoms with Gasteiger partial charge in [-0.1, -0.05) is 0 Å². The van der Waals surface area contributed by atoms with Gasteiger partial charge in [-0.3, -0.25) is 14.6 Å². The summed E-state index contributed by atoms with van der Waals surface area (Å²) >= 11 is 0. The van der Waals surface area contributed by atoms with Gasteiger partial charge in [0.15, 0.2) is 17.3 Å². The van der Waals surface area contributed by atoms with Gasteiger partial charge in [0.05, 0.1) is 38.5 Å². The van der Waals surface area contributed by atoms with Crippen molar-refractivity contribution >= 4 is 11.8 Å². The van der Waals surface area contributed by atoms with E-state index in [-0.39, 0.29) is 42.1 Å². The highest BCUT2D eigenvalue weighted by Crippen LogP contribution is 2.52. The Morgan fingerprint density at radius 1 is 1.07 bits per heavy atom. The number of fused-ring (bicyclic) bond motifs is 2. The molecule has 3 heterocycles. The van der Waals surface area contributed by atoms with Gasteiger partial charge in [-0.05, 0) is 37.6 Å². The van der Waals surface area contributed by atoms with E-state index in [1.165, 1.54) is 27.2 Å². The topological polar surface area (TPSA) is 154 Å². The number of hydrogen-bond donors (Lipinski definition) is 3. The third-order valence-electron chi connectivity index (χ3n) is 7.23. The van der Waals surface area contributed by atoms with Crippen molar-refractivity contribution in [2.45, 2.75) is 38.9 Å². The van der Waals surface area contributed by atoms with Gasteiger partial charge in [-0.25, -0.2) is 0 Å². The van der Waals surface area contributed by atoms with Gasteiger partial charge in [0.2, 0.25) is 5.75 Å². The zero-order valence-corrected chi connectivity index (χ0v) is 22.4. The normalized spacial score (nSPS) is 16.2. The molecule has 2 aromatic carbocycles. The first-order valence-electron chi connectivity index (χ1n) is 12.6. The first-order chi connectivity index (χ1) is 19.2. The number of benzene rings is 2. The molecule has 0 fully saturated rings. The number of ketones is 1. The zero-order chi connectivity index (χ0) is 28.7. The molecule has 2 aliphatic heterocycles. The average molecular weight is 552 g/mol. The Hall–Kier alpha value is -4.51. The fraction of sp³-hybridized carbons (Fsp3) is 0.345. The Morgan fingerprint density at radius 3 is 2.52 bits per heavy atom. The van der Waals surface area contributed by atoms with Crippen LogP contribution in [0.25, 0.3) is 0 Å². The quantitative estimate of drug-likeness (QED) is 0.290. The molecule has 0 saturated carbocycles. The van der Waals surface area contributed by atoms with Crippen molar-refractivity contribution in [2.24, 2.45) is 0 Å². The van der Waals surface area contributed by atoms with Crippen LogP contribution in [-0.4, -0.2) is 59.5 Å². The number of phenolic OH excluding ortho intramolecular Hbond substituents is 2. The summed E-state index contributed by atoms with van der Waals surface area (Å²) in [6, 6.07) is 4.58. The molecule has 0 radical (unpaired) electrons. The fourth-order valence-corrected chi connectivity index (χ4v) is 5.20. The lowest BCUT2D eigenvalue weighted by molar-refractivity contribution is -0.140. The van der Waals surface area contributed by atoms with Crippen LogP contribution in [0.5, 0.6) is 34.5 Å². The van der Waals surface area contributed by atoms with Gasteiger partial charge >= 0.3 is 5.97 Å². The number of methoxy groups -OCH3 is 2. The Kier molecular flexibility index (Phi) is 7.16. The van der Waals surface area contributed by atoms with Crippen molar-refractivity contribution in [3.8, 4) is 34.5 Å². The van der Waals surface area contributed by atoms with E-state index in [0.717, 1.165) is 0 Å². The molecule has 2 atom stereocenters. The van der Waals surface area contributed by atoms with E-state index in [0.29, 0.717) is 46.2 Å². The standard InChI is InChI=1S/C29H29NO10/c1-13-25(33)23-16(11-30-13)12-40-28(23)19-9-17(14(2)31)26(34)24(27(19)35)18(10-22(32)37-4)15-7-20(36-3)29-21(8-15)38-5-6-39-29/h7-9,11,18,28,33-35H,5-6,10,12H2,1-4H3/t18-,28-/m1/s1. The molecule has 0 saturated heterocycles. The van der Waals surface area contributed by atoms with E-state index in [1.807, 2.05) is 0 Å². The van der Waals surface area contributed by atoms with E-state index < -0.39 is 35.3 Å². The van der Waals surface area contributed by atoms with Gasteiger partial charge in [0, 0.05) is 34.4 Å². The third-order valence-corrected chi connectivity index (χ3v) is 7.23. The number of phenols is 2. The third kappa shape index (κ3) is 4.51. The number of esters is 1. The summed E-state index contributed by atoms with van der Waals surface area (Å²) < 4.78 is 27.9. The van der Waals surface area contributed by atoms with E-state index in [1.54, 1.807) is 25.3 Å². The van der Waals surface area contributed by atoms with Crippen LogP contribution in [0, 0.1) is 6.92 Å². The van der Waals surface area contributed by atoms with Crippen LogP contribution in [-0.2, 0) is 20.9 Å². The first-order valence-corrected chi connectivity index (χ1v) is 12.6. The molecule has 0 aliphatic carbocycles. The number of nitrogens with zero attached hydrogens (tertiary/aromatic N) is 1. The molecule has 11 nitrogen and oxygen atoms in total. The molecule has 3 aromatic rings. The van der Waals surface area contributed by atoms with Crippen LogP contribution < -0.4 is 14.2 Å². The number of carbonyl (C=O) groups is 2. The van der Waals surface area contributed by atoms with Crippen LogP contribution in [0.15, 0.2) is 24.4 Å². The minimum atomic E-state index is -1.01. The van der Waals surface area contributed by atoms with E-state index >= 15 is 0 Å². The predicted molar refractivity (Wildman–Crippen MR) is 140 cm³/mol. The Morgan fingerprint density at radius 2 is 1.82 bits per heavy atom. The van der Waals surface area contributed by atoms with Crippen molar-refractivity contribution in [3.63, 3.8) is 0 Å². The number of Topliss-reactive ketones (excluding diaryl/α,β-unsaturated/α-hetero) is 1. The molecule has 0 unspecified atom stereocenters. The van der Waals surface area contributed by atoms with Gasteiger partial charge in [0.25, 0.3) is 0 Å². The van der Waals surface area contributed by atoms with Crippen molar-refractivity contribution in [1.29, 1.82) is 0 Å². The molecular weight excluding hydrogens is 522 g/mol. The largest absolute Gasteiger partial charge is 0.507 e. The SMILES string of the molecule is COC(=O)C[C@H](c1cc(OC)c2c(c1)OCCO2)c1c(O)c(C(C)=O)cc([C@H]2OCc3cnc(C)c(O)c32)c1O. The number of rotatable bonds is 7. The second kappa shape index (κ2) is 10.6. The van der Waals surface area contributed by atoms with Gasteiger partial charge < -0.3 is 39.0 Å². The molecule has 0 amide bonds. The Balaban J connectivity index is 1.76. The molecule has 1 aromatic heterocycles. The zero-order valence-electron chi connectivity index (χ0n) is 22.4. The van der Waals surface area contributed by atoms with Crippen LogP contribution >= 0.6 is 0 Å². The summed E-state index contributed by atoms with van der Waals surface area (Å²) in [6.07, 6.45) is 0.302. The lowest BCUT2D eigenvalue weighted by Gasteiger charge is -2.26. The molecule has 5 rings (SSSR count). The lowest BCUT2D eigenvalue weighted by atomic mass is 9.82. The highest BCUT2D eigenvalue weighted by atomic mass is 16.6. The maximum atomic E-state index is 12.7. The minimum Gasteiger partial charge on any atom is -0.507 e. The number of pyridine rings is 1. The van der Waals surface area contributed by atoms with Gasteiger partial charge in [0.1, 0.15) is 36.6 Å². The first kappa shape index (κ1) is 27.1. The monoisotopic (exact) mass is 551 g/mol. The summed E-state index contributed by atoms with van der Waals surface area (Å²) in [4.78, 5) is 29.5. The molecule has 0 spiro atoms. The van der Waals surface area contributed by atoms with Crippen LogP contribution in [0.1, 0.15) is 69.2 Å². The number of aryl methyl sites for hydroxylation is 1. The van der Waals surface area contributed by atoms with Crippen molar-refractivity contribution in [2.75, 3.05) is 27.4 Å². The second-order valence-electron chi connectivity index (χ2n) is 9.58. The molecule has 210 valence electrons. The maximum absolute atomic E-state index is 12.7. The predicted octanol–water partition coefficient (Wildman–Crippen LogP) is 3.80. The molecule has 0 bridgehead atoms. The number of hydrogen-bond acceptors (Lipinski definition) is 11. The summed E-state index contributed by atoms with van der Waals surface area (Å²) in [7, 11) is 2.68. The number of aromatic hydroxyl groups is 3. The maximum Gasteiger partial charge on any atom is 0.306 e. The highest BCUT2D eigenvalue weighted by molar-refractivity contribution is 5.98. The number of ether oxygens (including phenoxy) is 5. The summed E-state index contributed by atoms with van der Waals surface area (Å²) in [5, 5.41) is 33.9. The van der Waals surface area contributed by atoms with Crippen molar-refractivity contribution in [1.82, 2.24) is 4.98 Å². The number of carbonyl (C=O) groups excluding carboxylic acids is 2. The molecule has 11 heteroatoms. The Labute approximate surface area is 229 Å². The van der Waals surface area contributed by atoms with Crippen LogP contribution in [0.3, 0.4) is 0 Å². The van der Waals surface area contributed by atoms with E-state index in [9.17, 15) is 24.9 Å². The smallest absolute Gasteiger partial charge is 0.306 e. The summed E-state index contributed by atoms with van der Waals surface area (Å²) in [6.45, 7) is 3.63. The van der Waals surface area contributed by atoms with Gasteiger partial charge in [-0.2, -0.15) is 0 Å². The highest BCUT2D eigenvalue weighted by Gasteiger charge is 2.37. The van der Waals surface area contributed by atoms with E-state index in [4.69, 9.17) is 23.7 Å². The Bertz CT molecular complexity index is 1500. The van der Waals surface area contributed by atoms with Crippen LogP contribution in [0.4, 0.5) is 0 Å². The summed E-state index contributed by atoms with van der Waals surface area (Å²) in [5.74, 6) is -2.05. The fourth-order valence-electron chi connectivity index (χ4n) is 5.20. The van der Waals surface area contributed by atoms with E-state index in [2.05, 4.69) is 4.98 Å². The van der Waals surface area contributed by atoms with Crippen molar-refractivity contribution in [3.05, 3.63) is 63.5 Å². The summed E-state index contributed by atoms with van der Waals surface area (Å²) in [5.41, 5.74) is 1.77.